The van der Waals surface area contributed by atoms with Gasteiger partial charge >= 0.3 is 0 Å². The average Bonchev–Trinajstić information content (AvgIpc) is 2.49. The number of hydrogen-bond acceptors (Lipinski definition) is 4. The predicted octanol–water partition coefficient (Wildman–Crippen LogP) is 2.64. The highest BCUT2D eigenvalue weighted by molar-refractivity contribution is 7.90. The van der Waals surface area contributed by atoms with E-state index in [1.54, 1.807) is 0 Å². The summed E-state index contributed by atoms with van der Waals surface area (Å²) in [6.07, 6.45) is 1.23. The fourth-order valence-corrected chi connectivity index (χ4v) is 2.43. The van der Waals surface area contributed by atoms with Crippen LogP contribution in [0.3, 0.4) is 0 Å². The van der Waals surface area contributed by atoms with E-state index in [0.717, 1.165) is 6.26 Å². The summed E-state index contributed by atoms with van der Waals surface area (Å²) in [5.74, 6) is -0.136. The van der Waals surface area contributed by atoms with Crippen molar-refractivity contribution in [2.45, 2.75) is 11.3 Å². The normalized spacial score (nSPS) is 11.0. The van der Waals surface area contributed by atoms with Crippen LogP contribution in [0.4, 0.5) is 10.1 Å². The lowest BCUT2D eigenvalue weighted by Gasteiger charge is -2.08. The molecule has 2 rings (SSSR count). The minimum absolute atomic E-state index is 0.116. The molecule has 2 aromatic carbocycles. The van der Waals surface area contributed by atoms with Gasteiger partial charge in [0.2, 0.25) is 5.91 Å². The van der Waals surface area contributed by atoms with Crippen molar-refractivity contribution in [3.05, 3.63) is 54.3 Å². The van der Waals surface area contributed by atoms with Crippen molar-refractivity contribution in [3.8, 4) is 5.75 Å². The van der Waals surface area contributed by atoms with Gasteiger partial charge in [-0.15, -0.1) is 0 Å². The van der Waals surface area contributed by atoms with Gasteiger partial charge in [-0.05, 0) is 48.5 Å². The van der Waals surface area contributed by atoms with Crippen LogP contribution in [0.2, 0.25) is 0 Å². The molecule has 0 aromatic heterocycles. The Morgan fingerprint density at radius 3 is 2.26 bits per heavy atom. The smallest absolute Gasteiger partial charge is 0.227 e. The van der Waals surface area contributed by atoms with Gasteiger partial charge in [0, 0.05) is 11.9 Å². The molecule has 5 nitrogen and oxygen atoms in total. The zero-order valence-corrected chi connectivity index (χ0v) is 13.3. The second-order valence-electron chi connectivity index (χ2n) is 4.90. The van der Waals surface area contributed by atoms with Crippen molar-refractivity contribution in [3.63, 3.8) is 0 Å². The van der Waals surface area contributed by atoms with E-state index in [0.29, 0.717) is 11.4 Å². The van der Waals surface area contributed by atoms with E-state index >= 15 is 0 Å². The van der Waals surface area contributed by atoms with Crippen LogP contribution < -0.4 is 10.1 Å². The number of nitrogens with one attached hydrogen (secondary N) is 1. The van der Waals surface area contributed by atoms with E-state index in [1.807, 2.05) is 0 Å². The second-order valence-corrected chi connectivity index (χ2v) is 6.91. The van der Waals surface area contributed by atoms with Crippen LogP contribution in [-0.4, -0.2) is 27.2 Å². The third-order valence-electron chi connectivity index (χ3n) is 2.98. The standard InChI is InChI=1S/C16H16FNO4S/c1-23(20,21)15-8-4-13(5-9-15)18-16(19)10-11-22-14-6-2-12(17)3-7-14/h2-9H,10-11H2,1H3,(H,18,19). The molecule has 0 aliphatic carbocycles. The van der Waals surface area contributed by atoms with Gasteiger partial charge in [-0.2, -0.15) is 0 Å². The van der Waals surface area contributed by atoms with Crippen LogP contribution in [0.15, 0.2) is 53.4 Å². The molecular weight excluding hydrogens is 321 g/mol. The molecule has 0 radical (unpaired) electrons. The molecule has 0 spiro atoms. The Labute approximate surface area is 134 Å². The summed E-state index contributed by atoms with van der Waals surface area (Å²) in [5, 5.41) is 2.64. The molecule has 0 saturated carbocycles. The minimum Gasteiger partial charge on any atom is -0.493 e. The lowest BCUT2D eigenvalue weighted by Crippen LogP contribution is -2.15. The number of carbonyl (C=O) groups excluding carboxylic acids is 1. The van der Waals surface area contributed by atoms with Crippen molar-refractivity contribution >= 4 is 21.4 Å². The van der Waals surface area contributed by atoms with Gasteiger partial charge in [0.1, 0.15) is 11.6 Å². The molecule has 1 amide bonds. The summed E-state index contributed by atoms with van der Waals surface area (Å²) in [6, 6.07) is 11.4. The molecule has 1 N–H and O–H groups in total. The lowest BCUT2D eigenvalue weighted by atomic mass is 10.3. The molecule has 0 heterocycles. The maximum Gasteiger partial charge on any atom is 0.227 e. The van der Waals surface area contributed by atoms with Crippen molar-refractivity contribution in [2.75, 3.05) is 18.2 Å². The Bertz CT molecular complexity index is 771. The maximum absolute atomic E-state index is 12.7. The first kappa shape index (κ1) is 17.0. The van der Waals surface area contributed by atoms with Gasteiger partial charge in [0.25, 0.3) is 0 Å². The molecule has 0 fully saturated rings. The van der Waals surface area contributed by atoms with Gasteiger partial charge < -0.3 is 10.1 Å². The van der Waals surface area contributed by atoms with Crippen LogP contribution in [0.25, 0.3) is 0 Å². The SMILES string of the molecule is CS(=O)(=O)c1ccc(NC(=O)CCOc2ccc(F)cc2)cc1. The van der Waals surface area contributed by atoms with E-state index in [-0.39, 0.29) is 29.6 Å². The van der Waals surface area contributed by atoms with Crippen LogP contribution >= 0.6 is 0 Å². The fourth-order valence-electron chi connectivity index (χ4n) is 1.80. The van der Waals surface area contributed by atoms with E-state index in [2.05, 4.69) is 5.32 Å². The van der Waals surface area contributed by atoms with Crippen LogP contribution in [-0.2, 0) is 14.6 Å². The minimum atomic E-state index is -3.26. The molecule has 0 aliphatic rings. The first-order valence-electron chi connectivity index (χ1n) is 6.83. The maximum atomic E-state index is 12.7. The van der Waals surface area contributed by atoms with Crippen LogP contribution in [0.1, 0.15) is 6.42 Å². The summed E-state index contributed by atoms with van der Waals surface area (Å²) in [5.41, 5.74) is 0.504. The van der Waals surface area contributed by atoms with Crippen LogP contribution in [0.5, 0.6) is 5.75 Å². The summed E-state index contributed by atoms with van der Waals surface area (Å²) in [6.45, 7) is 0.152. The number of benzene rings is 2. The Hall–Kier alpha value is -2.41. The summed E-state index contributed by atoms with van der Waals surface area (Å²) < 4.78 is 40.7. The first-order valence-corrected chi connectivity index (χ1v) is 8.72. The third kappa shape index (κ3) is 5.37. The molecular formula is C16H16FNO4S. The topological polar surface area (TPSA) is 72.5 Å². The summed E-state index contributed by atoms with van der Waals surface area (Å²) >= 11 is 0. The highest BCUT2D eigenvalue weighted by atomic mass is 32.2. The van der Waals surface area contributed by atoms with Gasteiger partial charge in [-0.25, -0.2) is 12.8 Å². The zero-order chi connectivity index (χ0) is 16.9. The number of anilines is 1. The van der Waals surface area contributed by atoms with Crippen molar-refractivity contribution in [1.82, 2.24) is 0 Å². The summed E-state index contributed by atoms with van der Waals surface area (Å²) in [4.78, 5) is 12.0. The largest absolute Gasteiger partial charge is 0.493 e. The van der Waals surface area contributed by atoms with Crippen molar-refractivity contribution < 1.29 is 22.3 Å². The number of hydrogen-bond donors (Lipinski definition) is 1. The molecule has 2 aromatic rings. The fraction of sp³-hybridized carbons (Fsp3) is 0.188. The molecule has 0 aliphatic heterocycles. The molecule has 0 bridgehead atoms. The number of halogens is 1. The Morgan fingerprint density at radius 1 is 1.09 bits per heavy atom. The summed E-state index contributed by atoms with van der Waals surface area (Å²) in [7, 11) is -3.26. The first-order chi connectivity index (χ1) is 10.8. The Balaban J connectivity index is 1.81. The van der Waals surface area contributed by atoms with E-state index < -0.39 is 9.84 Å². The molecule has 7 heteroatoms. The van der Waals surface area contributed by atoms with E-state index in [4.69, 9.17) is 4.74 Å². The predicted molar refractivity (Wildman–Crippen MR) is 84.7 cm³/mol. The Morgan fingerprint density at radius 2 is 1.70 bits per heavy atom. The molecule has 23 heavy (non-hydrogen) atoms. The second kappa shape index (κ2) is 7.23. The zero-order valence-electron chi connectivity index (χ0n) is 12.5. The van der Waals surface area contributed by atoms with Crippen molar-refractivity contribution in [1.29, 1.82) is 0 Å². The van der Waals surface area contributed by atoms with Crippen molar-refractivity contribution in [2.24, 2.45) is 0 Å². The molecule has 0 unspecified atom stereocenters. The molecule has 122 valence electrons. The average molecular weight is 337 g/mol. The molecule has 0 atom stereocenters. The number of amides is 1. The highest BCUT2D eigenvalue weighted by Crippen LogP contribution is 2.14. The van der Waals surface area contributed by atoms with Gasteiger partial charge in [-0.3, -0.25) is 4.79 Å². The van der Waals surface area contributed by atoms with Crippen LogP contribution in [0, 0.1) is 5.82 Å². The number of sulfone groups is 1. The highest BCUT2D eigenvalue weighted by Gasteiger charge is 2.07. The van der Waals surface area contributed by atoms with E-state index in [1.165, 1.54) is 48.5 Å². The quantitative estimate of drug-likeness (QED) is 0.879. The lowest BCUT2D eigenvalue weighted by molar-refractivity contribution is -0.116. The number of rotatable bonds is 6. The molecule has 0 saturated heterocycles. The Kier molecular flexibility index (Phi) is 5.33. The number of ether oxygens (including phenoxy) is 1. The third-order valence-corrected chi connectivity index (χ3v) is 4.11. The van der Waals surface area contributed by atoms with E-state index in [9.17, 15) is 17.6 Å². The van der Waals surface area contributed by atoms with Gasteiger partial charge in [0.15, 0.2) is 9.84 Å². The number of carbonyl (C=O) groups is 1. The monoisotopic (exact) mass is 337 g/mol. The van der Waals surface area contributed by atoms with Gasteiger partial charge in [-0.1, -0.05) is 0 Å². The van der Waals surface area contributed by atoms with Gasteiger partial charge in [0.05, 0.1) is 17.9 Å².